The fourth-order valence-electron chi connectivity index (χ4n) is 2.17. The van der Waals surface area contributed by atoms with Gasteiger partial charge in [0.15, 0.2) is 6.54 Å². The second-order valence-corrected chi connectivity index (χ2v) is 5.64. The van der Waals surface area contributed by atoms with Crippen LogP contribution in [-0.2, 0) is 17.8 Å². The van der Waals surface area contributed by atoms with Crippen LogP contribution in [0, 0.1) is 0 Å². The molecule has 0 aliphatic carbocycles. The van der Waals surface area contributed by atoms with Crippen LogP contribution in [0.2, 0.25) is 0 Å². The molecule has 0 aliphatic rings. The number of nitrogens with one attached hydrogen (secondary N) is 3. The van der Waals surface area contributed by atoms with Gasteiger partial charge in [-0.1, -0.05) is 44.5 Å². The Balaban J connectivity index is 2.32. The zero-order valence-electron chi connectivity index (χ0n) is 13.9. The van der Waals surface area contributed by atoms with Crippen LogP contribution in [0.3, 0.4) is 0 Å². The van der Waals surface area contributed by atoms with Crippen LogP contribution in [0.5, 0.6) is 0 Å². The van der Waals surface area contributed by atoms with E-state index in [2.05, 4.69) is 48.7 Å². The van der Waals surface area contributed by atoms with E-state index in [9.17, 15) is 9.59 Å². The van der Waals surface area contributed by atoms with Crippen molar-refractivity contribution in [2.75, 3.05) is 20.1 Å². The van der Waals surface area contributed by atoms with E-state index in [0.717, 1.165) is 30.7 Å². The Labute approximate surface area is 133 Å². The number of aryl methyl sites for hydroxylation is 1. The zero-order chi connectivity index (χ0) is 16.4. The lowest BCUT2D eigenvalue weighted by atomic mass is 10.1. The van der Waals surface area contributed by atoms with Gasteiger partial charge in [-0.25, -0.2) is 4.79 Å². The largest absolute Gasteiger partial charge is 0.338 e. The molecule has 1 unspecified atom stereocenters. The molecule has 0 heterocycles. The quantitative estimate of drug-likeness (QED) is 0.625. The van der Waals surface area contributed by atoms with Gasteiger partial charge >= 0.3 is 6.03 Å². The molecule has 1 aromatic rings. The predicted octanol–water partition coefficient (Wildman–Crippen LogP) is 0.890. The first-order valence-corrected chi connectivity index (χ1v) is 8.02. The van der Waals surface area contributed by atoms with Crippen molar-refractivity contribution in [1.29, 1.82) is 0 Å². The first-order valence-electron chi connectivity index (χ1n) is 8.02. The monoisotopic (exact) mass is 306 g/mol. The summed E-state index contributed by atoms with van der Waals surface area (Å²) in [5.74, 6) is -0.253. The maximum atomic E-state index is 11.8. The number of quaternary nitrogens is 1. The van der Waals surface area contributed by atoms with Crippen molar-refractivity contribution >= 4 is 11.9 Å². The van der Waals surface area contributed by atoms with E-state index in [1.54, 1.807) is 0 Å². The lowest BCUT2D eigenvalue weighted by Gasteiger charge is -2.14. The van der Waals surface area contributed by atoms with Crippen molar-refractivity contribution in [3.05, 3.63) is 35.4 Å². The van der Waals surface area contributed by atoms with Gasteiger partial charge < -0.3 is 10.2 Å². The number of carbonyl (C=O) groups excluding carboxylic acids is 2. The molecular weight excluding hydrogens is 278 g/mol. The molecule has 0 saturated heterocycles. The Morgan fingerprint density at radius 2 is 1.73 bits per heavy atom. The van der Waals surface area contributed by atoms with Crippen LogP contribution in [-0.4, -0.2) is 32.1 Å². The van der Waals surface area contributed by atoms with Gasteiger partial charge in [-0.2, -0.15) is 0 Å². The number of amides is 3. The third-order valence-corrected chi connectivity index (χ3v) is 3.47. The number of rotatable bonds is 8. The molecule has 0 bridgehead atoms. The summed E-state index contributed by atoms with van der Waals surface area (Å²) in [6.07, 6.45) is 2.96. The minimum Gasteiger partial charge on any atom is -0.338 e. The first kappa shape index (κ1) is 18.2. The lowest BCUT2D eigenvalue weighted by Crippen LogP contribution is -3.09. The Hall–Kier alpha value is -1.88. The van der Waals surface area contributed by atoms with Crippen molar-refractivity contribution in [2.45, 2.75) is 39.7 Å². The molecular formula is C17H28N3O2+. The summed E-state index contributed by atoms with van der Waals surface area (Å²) in [7, 11) is 1.95. The van der Waals surface area contributed by atoms with Crippen molar-refractivity contribution in [3.63, 3.8) is 0 Å². The normalized spacial score (nSPS) is 11.8. The van der Waals surface area contributed by atoms with E-state index < -0.39 is 6.03 Å². The van der Waals surface area contributed by atoms with Gasteiger partial charge in [-0.05, 0) is 18.4 Å². The molecule has 0 aliphatic heterocycles. The number of imide groups is 1. The topological polar surface area (TPSA) is 62.6 Å². The molecule has 22 heavy (non-hydrogen) atoms. The van der Waals surface area contributed by atoms with E-state index in [-0.39, 0.29) is 12.5 Å². The summed E-state index contributed by atoms with van der Waals surface area (Å²) in [6, 6.07) is 8.02. The van der Waals surface area contributed by atoms with Gasteiger partial charge in [-0.15, -0.1) is 0 Å². The standard InChI is InChI=1S/C17H27N3O2/c1-4-6-11-18-17(22)19-16(21)13-20(3)12-15-9-7-14(5-2)8-10-15/h7-10H,4-6,11-13H2,1-3H3,(H2,18,19,21,22)/p+1. The van der Waals surface area contributed by atoms with Crippen LogP contribution in [0.4, 0.5) is 4.79 Å². The van der Waals surface area contributed by atoms with Gasteiger partial charge in [0.25, 0.3) is 5.91 Å². The summed E-state index contributed by atoms with van der Waals surface area (Å²) in [5.41, 5.74) is 2.50. The molecule has 0 fully saturated rings. The number of urea groups is 1. The van der Waals surface area contributed by atoms with Crippen LogP contribution < -0.4 is 15.5 Å². The fourth-order valence-corrected chi connectivity index (χ4v) is 2.17. The zero-order valence-corrected chi connectivity index (χ0v) is 13.9. The van der Waals surface area contributed by atoms with Crippen molar-refractivity contribution in [2.24, 2.45) is 0 Å². The first-order chi connectivity index (χ1) is 10.5. The van der Waals surface area contributed by atoms with Crippen molar-refractivity contribution < 1.29 is 14.5 Å². The molecule has 0 saturated carbocycles. The summed E-state index contributed by atoms with van der Waals surface area (Å²) in [4.78, 5) is 24.3. The Bertz CT molecular complexity index is 471. The second-order valence-electron chi connectivity index (χ2n) is 5.64. The predicted molar refractivity (Wildman–Crippen MR) is 87.7 cm³/mol. The van der Waals surface area contributed by atoms with E-state index >= 15 is 0 Å². The average Bonchev–Trinajstić information content (AvgIpc) is 2.47. The molecule has 0 aromatic heterocycles. The highest BCUT2D eigenvalue weighted by atomic mass is 16.2. The summed E-state index contributed by atoms with van der Waals surface area (Å²) in [6.45, 7) is 5.81. The molecule has 1 aromatic carbocycles. The minimum absolute atomic E-state index is 0.253. The molecule has 1 rings (SSSR count). The third kappa shape index (κ3) is 7.22. The summed E-state index contributed by atoms with van der Waals surface area (Å²) in [5, 5.41) is 5.03. The van der Waals surface area contributed by atoms with Gasteiger partial charge in [0.05, 0.1) is 7.05 Å². The second kappa shape index (κ2) is 9.95. The third-order valence-electron chi connectivity index (χ3n) is 3.47. The van der Waals surface area contributed by atoms with Crippen LogP contribution in [0.25, 0.3) is 0 Å². The summed E-state index contributed by atoms with van der Waals surface area (Å²) < 4.78 is 0. The van der Waals surface area contributed by atoms with E-state index in [1.165, 1.54) is 11.1 Å². The van der Waals surface area contributed by atoms with Crippen molar-refractivity contribution in [3.8, 4) is 0 Å². The smallest absolute Gasteiger partial charge is 0.321 e. The highest BCUT2D eigenvalue weighted by Crippen LogP contribution is 2.03. The SMILES string of the molecule is CCCCNC(=O)NC(=O)C[NH+](C)Cc1ccc(CC)cc1. The van der Waals surface area contributed by atoms with Gasteiger partial charge in [0.1, 0.15) is 6.54 Å². The molecule has 5 heteroatoms. The molecule has 0 radical (unpaired) electrons. The molecule has 0 spiro atoms. The number of benzene rings is 1. The van der Waals surface area contributed by atoms with Crippen LogP contribution in [0.1, 0.15) is 37.8 Å². The Kier molecular flexibility index (Phi) is 8.22. The highest BCUT2D eigenvalue weighted by Gasteiger charge is 2.13. The van der Waals surface area contributed by atoms with Crippen molar-refractivity contribution in [1.82, 2.24) is 10.6 Å². The van der Waals surface area contributed by atoms with Crippen LogP contribution >= 0.6 is 0 Å². The fraction of sp³-hybridized carbons (Fsp3) is 0.529. The van der Waals surface area contributed by atoms with Gasteiger partial charge in [0.2, 0.25) is 0 Å². The molecule has 3 N–H and O–H groups in total. The van der Waals surface area contributed by atoms with Gasteiger partial charge in [-0.3, -0.25) is 10.1 Å². The van der Waals surface area contributed by atoms with E-state index in [4.69, 9.17) is 0 Å². The number of hydrogen-bond donors (Lipinski definition) is 3. The summed E-state index contributed by atoms with van der Waals surface area (Å²) >= 11 is 0. The maximum absolute atomic E-state index is 11.8. The molecule has 3 amide bonds. The Morgan fingerprint density at radius 3 is 2.32 bits per heavy atom. The number of hydrogen-bond acceptors (Lipinski definition) is 2. The molecule has 122 valence electrons. The molecule has 1 atom stereocenters. The average molecular weight is 306 g/mol. The van der Waals surface area contributed by atoms with Gasteiger partial charge in [0, 0.05) is 12.1 Å². The maximum Gasteiger partial charge on any atom is 0.321 e. The lowest BCUT2D eigenvalue weighted by molar-refractivity contribution is -0.885. The minimum atomic E-state index is -0.404. The highest BCUT2D eigenvalue weighted by molar-refractivity contribution is 5.94. The number of likely N-dealkylation sites (N-methyl/N-ethyl adjacent to an activating group) is 1. The number of carbonyl (C=O) groups is 2. The van der Waals surface area contributed by atoms with E-state index in [1.807, 2.05) is 7.05 Å². The van der Waals surface area contributed by atoms with E-state index in [0.29, 0.717) is 6.54 Å². The Morgan fingerprint density at radius 1 is 1.09 bits per heavy atom. The number of unbranched alkanes of at least 4 members (excludes halogenated alkanes) is 1. The molecule has 5 nitrogen and oxygen atoms in total. The van der Waals surface area contributed by atoms with Crippen LogP contribution in [0.15, 0.2) is 24.3 Å².